The van der Waals surface area contributed by atoms with Crippen LogP contribution in [0.5, 0.6) is 0 Å². The van der Waals surface area contributed by atoms with Gasteiger partial charge in [0.25, 0.3) is 0 Å². The Labute approximate surface area is 308 Å². The maximum Gasteiger partial charge on any atom is 0.472 e. The maximum atomic E-state index is 12.6. The summed E-state index contributed by atoms with van der Waals surface area (Å²) in [6.07, 6.45) is 38.9. The van der Waals surface area contributed by atoms with Gasteiger partial charge in [-0.15, -0.1) is 0 Å². The summed E-state index contributed by atoms with van der Waals surface area (Å²) in [7, 11) is 1.65. The Bertz CT molecular complexity index is 900. The average Bonchev–Trinajstić information content (AvgIpc) is 3.06. The van der Waals surface area contributed by atoms with Crippen LogP contribution in [0.4, 0.5) is 0 Å². The van der Waals surface area contributed by atoms with Crippen LogP contribution in [0.1, 0.15) is 162 Å². The molecule has 0 spiro atoms. The van der Waals surface area contributed by atoms with Gasteiger partial charge in [-0.25, -0.2) is 4.57 Å². The summed E-state index contributed by atoms with van der Waals surface area (Å²) in [6.45, 7) is 5.50. The van der Waals surface area contributed by atoms with E-state index in [9.17, 15) is 14.3 Å². The summed E-state index contributed by atoms with van der Waals surface area (Å²) in [6, 6.07) is 0. The smallest absolute Gasteiger partial charge is 0.457 e. The Morgan fingerprint density at radius 2 is 1.14 bits per heavy atom. The van der Waals surface area contributed by atoms with Gasteiger partial charge in [0.1, 0.15) is 19.3 Å². The van der Waals surface area contributed by atoms with Gasteiger partial charge in [0.15, 0.2) is 0 Å². The molecule has 0 amide bonds. The lowest BCUT2D eigenvalue weighted by Crippen LogP contribution is -2.37. The quantitative estimate of drug-likeness (QED) is 0.0224. The summed E-state index contributed by atoms with van der Waals surface area (Å²) in [5.74, 6) is -0.329. The van der Waals surface area contributed by atoms with E-state index in [0.29, 0.717) is 24.1 Å². The molecule has 0 heterocycles. The summed E-state index contributed by atoms with van der Waals surface area (Å²) in [5, 5.41) is 0. The predicted octanol–water partition coefficient (Wildman–Crippen LogP) is 11.4. The van der Waals surface area contributed by atoms with Crippen LogP contribution in [0, 0.1) is 0 Å². The van der Waals surface area contributed by atoms with Gasteiger partial charge in [-0.3, -0.25) is 13.8 Å². The first-order valence-corrected chi connectivity index (χ1v) is 21.7. The van der Waals surface area contributed by atoms with Crippen LogP contribution in [0.25, 0.3) is 0 Å². The second-order valence-electron chi connectivity index (χ2n) is 14.7. The van der Waals surface area contributed by atoms with Gasteiger partial charge in [-0.1, -0.05) is 127 Å². The zero-order chi connectivity index (χ0) is 37.0. The molecule has 1 N–H and O–H groups in total. The molecule has 294 valence electrons. The maximum absolute atomic E-state index is 12.6. The van der Waals surface area contributed by atoms with E-state index in [0.717, 1.165) is 57.8 Å². The molecule has 0 saturated heterocycles. The standard InChI is InChI=1S/C41H78NO7P/c1-6-8-10-12-14-16-18-19-20-21-22-23-24-25-27-29-31-33-36-46-38-40(39-48-50(44,45)47-37-35-42(3,4)5)49-41(43)34-32-30-28-26-17-15-13-11-9-7-2/h11,13-14,16,19-20,40H,6-10,12,15,17-18,21-39H2,1-5H3/p+1/b13-11-,16-14-,20-19-. The lowest BCUT2D eigenvalue weighted by molar-refractivity contribution is -0.870. The van der Waals surface area contributed by atoms with E-state index in [-0.39, 0.29) is 25.8 Å². The molecule has 0 rings (SSSR count). The fourth-order valence-corrected chi connectivity index (χ4v) is 5.97. The molecule has 0 bridgehead atoms. The fourth-order valence-electron chi connectivity index (χ4n) is 5.23. The highest BCUT2D eigenvalue weighted by Crippen LogP contribution is 2.43. The third-order valence-corrected chi connectivity index (χ3v) is 9.39. The van der Waals surface area contributed by atoms with Crippen LogP contribution in [-0.2, 0) is 27.9 Å². The number of carbonyl (C=O) groups is 1. The minimum atomic E-state index is -4.27. The highest BCUT2D eigenvalue weighted by atomic mass is 31.2. The largest absolute Gasteiger partial charge is 0.472 e. The Hall–Kier alpha value is -1.28. The van der Waals surface area contributed by atoms with E-state index in [1.165, 1.54) is 83.5 Å². The molecule has 0 saturated carbocycles. The Balaban J connectivity index is 4.23. The van der Waals surface area contributed by atoms with Crippen LogP contribution in [-0.4, -0.2) is 75.6 Å². The number of esters is 1. The highest BCUT2D eigenvalue weighted by molar-refractivity contribution is 7.47. The van der Waals surface area contributed by atoms with E-state index < -0.39 is 13.9 Å². The number of nitrogens with zero attached hydrogens (tertiary/aromatic N) is 1. The molecular weight excluding hydrogens is 649 g/mol. The van der Waals surface area contributed by atoms with Crippen LogP contribution in [0.2, 0.25) is 0 Å². The number of likely N-dealkylation sites (N-methyl/N-ethyl adjacent to an activating group) is 1. The first kappa shape index (κ1) is 48.7. The zero-order valence-corrected chi connectivity index (χ0v) is 34.0. The molecule has 0 aromatic rings. The molecule has 50 heavy (non-hydrogen) atoms. The minimum Gasteiger partial charge on any atom is -0.457 e. The van der Waals surface area contributed by atoms with E-state index in [1.807, 2.05) is 21.1 Å². The van der Waals surface area contributed by atoms with Crippen molar-refractivity contribution in [3.8, 4) is 0 Å². The third kappa shape index (κ3) is 38.0. The van der Waals surface area contributed by atoms with Crippen LogP contribution in [0.15, 0.2) is 36.5 Å². The summed E-state index contributed by atoms with van der Waals surface area (Å²) in [4.78, 5) is 22.7. The number of allylic oxidation sites excluding steroid dienone is 6. The predicted molar refractivity (Wildman–Crippen MR) is 210 cm³/mol. The number of ether oxygens (including phenoxy) is 2. The average molecular weight is 729 g/mol. The van der Waals surface area contributed by atoms with Crippen molar-refractivity contribution in [2.45, 2.75) is 168 Å². The van der Waals surface area contributed by atoms with Crippen molar-refractivity contribution in [1.29, 1.82) is 0 Å². The van der Waals surface area contributed by atoms with Crippen molar-refractivity contribution >= 4 is 13.8 Å². The highest BCUT2D eigenvalue weighted by Gasteiger charge is 2.26. The monoisotopic (exact) mass is 729 g/mol. The topological polar surface area (TPSA) is 91.3 Å². The van der Waals surface area contributed by atoms with Crippen molar-refractivity contribution in [1.82, 2.24) is 0 Å². The van der Waals surface area contributed by atoms with Gasteiger partial charge < -0.3 is 18.9 Å². The molecule has 2 unspecified atom stereocenters. The molecule has 0 radical (unpaired) electrons. The molecule has 0 aliphatic rings. The SMILES string of the molecule is CCC/C=C\CCCCCCCC(=O)OC(COCCCCCCCCCC/C=C\C/C=C\CCCCC)COP(=O)(O)OCC[N+](C)(C)C. The first-order valence-electron chi connectivity index (χ1n) is 20.2. The molecule has 9 heteroatoms. The van der Waals surface area contributed by atoms with Gasteiger partial charge >= 0.3 is 13.8 Å². The number of hydrogen-bond acceptors (Lipinski definition) is 6. The molecule has 0 aromatic carbocycles. The summed E-state index contributed by atoms with van der Waals surface area (Å²) >= 11 is 0. The Morgan fingerprint density at radius 1 is 0.620 bits per heavy atom. The fraction of sp³-hybridized carbons (Fsp3) is 0.829. The van der Waals surface area contributed by atoms with E-state index >= 15 is 0 Å². The Morgan fingerprint density at radius 3 is 1.72 bits per heavy atom. The number of phosphoric acid groups is 1. The molecular formula is C41H79NO7P+. The van der Waals surface area contributed by atoms with Crippen LogP contribution >= 0.6 is 7.82 Å². The minimum absolute atomic E-state index is 0.0853. The number of carbonyl (C=O) groups excluding carboxylic acids is 1. The number of unbranched alkanes of at least 4 members (excludes halogenated alkanes) is 17. The molecule has 8 nitrogen and oxygen atoms in total. The van der Waals surface area contributed by atoms with Gasteiger partial charge in [0, 0.05) is 13.0 Å². The van der Waals surface area contributed by atoms with E-state index in [2.05, 4.69) is 50.3 Å². The third-order valence-electron chi connectivity index (χ3n) is 8.40. The van der Waals surface area contributed by atoms with Gasteiger partial charge in [0.2, 0.25) is 0 Å². The molecule has 2 atom stereocenters. The summed E-state index contributed by atoms with van der Waals surface area (Å²) < 4.78 is 34.8. The number of phosphoric ester groups is 1. The van der Waals surface area contributed by atoms with Crippen LogP contribution in [0.3, 0.4) is 0 Å². The van der Waals surface area contributed by atoms with E-state index in [1.54, 1.807) is 0 Å². The number of quaternary nitrogens is 1. The second kappa shape index (κ2) is 34.8. The molecule has 0 fully saturated rings. The zero-order valence-electron chi connectivity index (χ0n) is 33.1. The van der Waals surface area contributed by atoms with Gasteiger partial charge in [-0.05, 0) is 64.2 Å². The summed E-state index contributed by atoms with van der Waals surface area (Å²) in [5.41, 5.74) is 0. The van der Waals surface area contributed by atoms with Crippen molar-refractivity contribution < 1.29 is 37.3 Å². The molecule has 0 aliphatic carbocycles. The van der Waals surface area contributed by atoms with Crippen molar-refractivity contribution in [3.05, 3.63) is 36.5 Å². The Kier molecular flexibility index (Phi) is 33.9. The van der Waals surface area contributed by atoms with Crippen molar-refractivity contribution in [2.24, 2.45) is 0 Å². The lowest BCUT2D eigenvalue weighted by Gasteiger charge is -2.24. The number of hydrogen-bond donors (Lipinski definition) is 1. The number of rotatable bonds is 37. The van der Waals surface area contributed by atoms with Crippen molar-refractivity contribution in [3.63, 3.8) is 0 Å². The molecule has 0 aromatic heterocycles. The lowest BCUT2D eigenvalue weighted by atomic mass is 10.1. The van der Waals surface area contributed by atoms with Crippen LogP contribution < -0.4 is 0 Å². The van der Waals surface area contributed by atoms with Gasteiger partial charge in [-0.2, -0.15) is 0 Å². The first-order chi connectivity index (χ1) is 24.1. The normalized spacial score (nSPS) is 14.3. The van der Waals surface area contributed by atoms with E-state index in [4.69, 9.17) is 18.5 Å². The molecule has 0 aliphatic heterocycles. The second-order valence-corrected chi connectivity index (χ2v) is 16.1. The van der Waals surface area contributed by atoms with Gasteiger partial charge in [0.05, 0.1) is 34.4 Å². The van der Waals surface area contributed by atoms with Crippen molar-refractivity contribution in [2.75, 3.05) is 54.1 Å².